The summed E-state index contributed by atoms with van der Waals surface area (Å²) in [6.45, 7) is 1.74. The van der Waals surface area contributed by atoms with Crippen LogP contribution in [0.25, 0.3) is 0 Å². The molecule has 0 amide bonds. The molecule has 0 radical (unpaired) electrons. The Kier molecular flexibility index (Phi) is 4.53. The van der Waals surface area contributed by atoms with Gasteiger partial charge in [0.2, 0.25) is 0 Å². The van der Waals surface area contributed by atoms with E-state index in [1.165, 1.54) is 0 Å². The number of hydrogen-bond acceptors (Lipinski definition) is 3. The summed E-state index contributed by atoms with van der Waals surface area (Å²) in [4.78, 5) is 12.4. The Labute approximate surface area is 118 Å². The lowest BCUT2D eigenvalue weighted by molar-refractivity contribution is 0.0713. The number of aliphatic hydroxyl groups is 1. The summed E-state index contributed by atoms with van der Waals surface area (Å²) in [6, 6.07) is 16.2. The molecule has 0 saturated heterocycles. The molecule has 20 heavy (non-hydrogen) atoms. The highest BCUT2D eigenvalue weighted by atomic mass is 16.5. The zero-order valence-corrected chi connectivity index (χ0v) is 11.6. The third kappa shape index (κ3) is 3.06. The normalized spacial score (nSPS) is 13.6. The Morgan fingerprint density at radius 1 is 1.05 bits per heavy atom. The van der Waals surface area contributed by atoms with Gasteiger partial charge in [-0.05, 0) is 29.8 Å². The van der Waals surface area contributed by atoms with E-state index in [4.69, 9.17) is 4.74 Å². The molecule has 0 spiro atoms. The lowest BCUT2D eigenvalue weighted by atomic mass is 9.90. The Morgan fingerprint density at radius 2 is 1.65 bits per heavy atom. The molecular formula is C17H18O3. The Morgan fingerprint density at radius 3 is 2.20 bits per heavy atom. The van der Waals surface area contributed by atoms with Gasteiger partial charge in [-0.15, -0.1) is 0 Å². The van der Waals surface area contributed by atoms with Gasteiger partial charge in [0, 0.05) is 11.5 Å². The minimum absolute atomic E-state index is 0.0796. The quantitative estimate of drug-likeness (QED) is 0.848. The maximum absolute atomic E-state index is 12.4. The van der Waals surface area contributed by atoms with Crippen LogP contribution in [0.3, 0.4) is 0 Å². The molecule has 0 unspecified atom stereocenters. The number of ether oxygens (including phenoxy) is 1. The lowest BCUT2D eigenvalue weighted by Gasteiger charge is -2.18. The summed E-state index contributed by atoms with van der Waals surface area (Å²) in [5.74, 6) is 0.132. The van der Waals surface area contributed by atoms with Crippen LogP contribution in [0, 0.1) is 5.92 Å². The van der Waals surface area contributed by atoms with Gasteiger partial charge in [0.1, 0.15) is 5.75 Å². The average Bonchev–Trinajstić information content (AvgIpc) is 2.53. The summed E-state index contributed by atoms with van der Waals surface area (Å²) in [7, 11) is 1.58. The van der Waals surface area contributed by atoms with Crippen molar-refractivity contribution in [2.24, 2.45) is 5.92 Å². The number of aliphatic hydroxyl groups excluding tert-OH is 1. The van der Waals surface area contributed by atoms with Crippen LogP contribution >= 0.6 is 0 Å². The smallest absolute Gasteiger partial charge is 0.168 e. The molecule has 2 atom stereocenters. The minimum Gasteiger partial charge on any atom is -0.497 e. The van der Waals surface area contributed by atoms with Crippen LogP contribution in [0.15, 0.2) is 54.6 Å². The van der Waals surface area contributed by atoms with Gasteiger partial charge in [0.25, 0.3) is 0 Å². The number of carbonyl (C=O) groups excluding carboxylic acids is 1. The highest BCUT2D eigenvalue weighted by Gasteiger charge is 2.24. The average molecular weight is 270 g/mol. The second-order valence-electron chi connectivity index (χ2n) is 4.74. The van der Waals surface area contributed by atoms with Crippen LogP contribution in [-0.2, 0) is 0 Å². The van der Waals surface area contributed by atoms with E-state index >= 15 is 0 Å². The van der Waals surface area contributed by atoms with Crippen molar-refractivity contribution in [3.05, 3.63) is 65.7 Å². The Hall–Kier alpha value is -2.13. The van der Waals surface area contributed by atoms with Crippen LogP contribution in [0.5, 0.6) is 5.75 Å². The highest BCUT2D eigenvalue weighted by Crippen LogP contribution is 2.25. The van der Waals surface area contributed by atoms with Crippen molar-refractivity contribution >= 4 is 5.78 Å². The van der Waals surface area contributed by atoms with Crippen molar-refractivity contribution in [2.75, 3.05) is 7.11 Å². The van der Waals surface area contributed by atoms with Gasteiger partial charge >= 0.3 is 0 Å². The predicted molar refractivity (Wildman–Crippen MR) is 77.9 cm³/mol. The first-order valence-electron chi connectivity index (χ1n) is 6.54. The van der Waals surface area contributed by atoms with Crippen LogP contribution in [0.2, 0.25) is 0 Å². The fourth-order valence-corrected chi connectivity index (χ4v) is 2.10. The maximum atomic E-state index is 12.4. The fraction of sp³-hybridized carbons (Fsp3) is 0.235. The van der Waals surface area contributed by atoms with E-state index in [1.807, 2.05) is 30.3 Å². The van der Waals surface area contributed by atoms with Crippen molar-refractivity contribution in [3.63, 3.8) is 0 Å². The molecule has 2 aromatic rings. The number of carbonyl (C=O) groups is 1. The molecule has 1 N–H and O–H groups in total. The van der Waals surface area contributed by atoms with E-state index in [1.54, 1.807) is 38.3 Å². The van der Waals surface area contributed by atoms with E-state index in [-0.39, 0.29) is 5.78 Å². The fourth-order valence-electron chi connectivity index (χ4n) is 2.10. The number of rotatable bonds is 5. The zero-order valence-electron chi connectivity index (χ0n) is 11.6. The van der Waals surface area contributed by atoms with Crippen molar-refractivity contribution in [1.82, 2.24) is 0 Å². The molecule has 3 nitrogen and oxygen atoms in total. The Balaban J connectivity index is 2.15. The summed E-state index contributed by atoms with van der Waals surface area (Å²) < 4.78 is 5.07. The summed E-state index contributed by atoms with van der Waals surface area (Å²) in [5.41, 5.74) is 1.33. The monoisotopic (exact) mass is 270 g/mol. The molecule has 0 saturated carbocycles. The van der Waals surface area contributed by atoms with Crippen LogP contribution in [0.1, 0.15) is 28.9 Å². The first-order chi connectivity index (χ1) is 9.63. The molecule has 104 valence electrons. The zero-order chi connectivity index (χ0) is 14.5. The first kappa shape index (κ1) is 14.3. The van der Waals surface area contributed by atoms with Gasteiger partial charge in [0.05, 0.1) is 13.2 Å². The van der Waals surface area contributed by atoms with Gasteiger partial charge in [-0.1, -0.05) is 37.3 Å². The third-order valence-electron chi connectivity index (χ3n) is 3.40. The molecule has 0 aliphatic rings. The molecule has 0 aliphatic heterocycles. The van der Waals surface area contributed by atoms with Gasteiger partial charge < -0.3 is 9.84 Å². The van der Waals surface area contributed by atoms with Crippen LogP contribution in [-0.4, -0.2) is 18.0 Å². The second kappa shape index (κ2) is 6.35. The molecule has 0 aliphatic carbocycles. The lowest BCUT2D eigenvalue weighted by Crippen LogP contribution is -2.19. The van der Waals surface area contributed by atoms with Gasteiger partial charge in [-0.3, -0.25) is 4.79 Å². The number of benzene rings is 2. The standard InChI is InChI=1S/C17H18O3/c1-12(16(18)13-6-4-3-5-7-13)17(19)14-8-10-15(20-2)11-9-14/h3-12,16,18H,1-2H3/t12-,16-/m0/s1. The molecule has 0 aromatic heterocycles. The molecule has 0 fully saturated rings. The third-order valence-corrected chi connectivity index (χ3v) is 3.40. The van der Waals surface area contributed by atoms with Gasteiger partial charge in [-0.25, -0.2) is 0 Å². The predicted octanol–water partition coefficient (Wildman–Crippen LogP) is 3.25. The molecule has 2 aromatic carbocycles. The molecule has 0 heterocycles. The van der Waals surface area contributed by atoms with Gasteiger partial charge in [-0.2, -0.15) is 0 Å². The minimum atomic E-state index is -0.800. The van der Waals surface area contributed by atoms with Gasteiger partial charge in [0.15, 0.2) is 5.78 Å². The van der Waals surface area contributed by atoms with Crippen molar-refractivity contribution in [1.29, 1.82) is 0 Å². The summed E-state index contributed by atoms with van der Waals surface area (Å²) in [5, 5.41) is 10.3. The first-order valence-corrected chi connectivity index (χ1v) is 6.54. The molecule has 0 bridgehead atoms. The van der Waals surface area contributed by atoms with E-state index < -0.39 is 12.0 Å². The SMILES string of the molecule is COc1ccc(C(=O)[C@@H](C)[C@H](O)c2ccccc2)cc1. The summed E-state index contributed by atoms with van der Waals surface area (Å²) >= 11 is 0. The van der Waals surface area contributed by atoms with Crippen molar-refractivity contribution in [2.45, 2.75) is 13.0 Å². The van der Waals surface area contributed by atoms with Crippen molar-refractivity contribution in [3.8, 4) is 5.75 Å². The molecule has 3 heteroatoms. The van der Waals surface area contributed by atoms with E-state index in [0.717, 1.165) is 5.56 Å². The van der Waals surface area contributed by atoms with E-state index in [0.29, 0.717) is 11.3 Å². The largest absolute Gasteiger partial charge is 0.497 e. The second-order valence-corrected chi connectivity index (χ2v) is 4.74. The molecular weight excluding hydrogens is 252 g/mol. The van der Waals surface area contributed by atoms with Crippen LogP contribution < -0.4 is 4.74 Å². The number of ketones is 1. The number of methoxy groups -OCH3 is 1. The topological polar surface area (TPSA) is 46.5 Å². The van der Waals surface area contributed by atoms with Crippen LogP contribution in [0.4, 0.5) is 0 Å². The maximum Gasteiger partial charge on any atom is 0.168 e. The summed E-state index contributed by atoms with van der Waals surface area (Å²) in [6.07, 6.45) is -0.800. The van der Waals surface area contributed by atoms with Crippen molar-refractivity contribution < 1.29 is 14.6 Å². The number of Topliss-reactive ketones (excluding diaryl/α,β-unsaturated/α-hetero) is 1. The van der Waals surface area contributed by atoms with E-state index in [9.17, 15) is 9.90 Å². The number of hydrogen-bond donors (Lipinski definition) is 1. The van der Waals surface area contributed by atoms with E-state index in [2.05, 4.69) is 0 Å². The highest BCUT2D eigenvalue weighted by molar-refractivity contribution is 5.98. The Bertz CT molecular complexity index is 561. The molecule has 2 rings (SSSR count).